The lowest BCUT2D eigenvalue weighted by molar-refractivity contribution is 0.0980. The van der Waals surface area contributed by atoms with Gasteiger partial charge in [-0.2, -0.15) is 0 Å². The maximum Gasteiger partial charge on any atom is 0.196 e. The Morgan fingerprint density at radius 2 is 1.06 bits per heavy atom. The maximum atomic E-state index is 13.6. The van der Waals surface area contributed by atoms with E-state index in [2.05, 4.69) is 0 Å². The van der Waals surface area contributed by atoms with E-state index < -0.39 is 11.6 Å². The van der Waals surface area contributed by atoms with Gasteiger partial charge in [-0.15, -0.1) is 0 Å². The number of rotatable bonds is 2. The van der Waals surface area contributed by atoms with Crippen LogP contribution in [-0.2, 0) is 0 Å². The van der Waals surface area contributed by atoms with Crippen molar-refractivity contribution in [2.24, 2.45) is 0 Å². The Bertz CT molecular complexity index is 1640. The molecule has 1 aliphatic carbocycles. The second-order valence-corrected chi connectivity index (χ2v) is 7.99. The summed E-state index contributed by atoms with van der Waals surface area (Å²) in [4.78, 5) is 36.1. The van der Waals surface area contributed by atoms with Crippen molar-refractivity contribution in [1.82, 2.24) is 9.97 Å². The van der Waals surface area contributed by atoms with Gasteiger partial charge in [0.25, 0.3) is 0 Å². The van der Waals surface area contributed by atoms with Gasteiger partial charge >= 0.3 is 0 Å². The van der Waals surface area contributed by atoms with Gasteiger partial charge in [0.05, 0.1) is 22.5 Å². The molecule has 0 saturated heterocycles. The summed E-state index contributed by atoms with van der Waals surface area (Å²) in [5.74, 6) is -1.35. The molecule has 1 aliphatic rings. The third-order valence-electron chi connectivity index (χ3n) is 5.96. The standard InChI is InChI=1S/C28H14F2N2O2/c29-17-9-5-15(6-10-17)24-25(16-7-11-18(30)12-8-16)32-26-22(31-24)14-13-21-23(26)28(34)20-4-2-1-3-19(20)27(21)33/h1-14H. The van der Waals surface area contributed by atoms with E-state index in [9.17, 15) is 18.4 Å². The Kier molecular flexibility index (Phi) is 4.42. The molecule has 0 unspecified atom stereocenters. The lowest BCUT2D eigenvalue weighted by atomic mass is 9.83. The fourth-order valence-electron chi connectivity index (χ4n) is 4.32. The molecule has 0 fully saturated rings. The van der Waals surface area contributed by atoms with E-state index in [0.29, 0.717) is 39.2 Å². The van der Waals surface area contributed by atoms with E-state index >= 15 is 0 Å². The van der Waals surface area contributed by atoms with E-state index in [1.807, 2.05) is 0 Å². The van der Waals surface area contributed by atoms with Gasteiger partial charge < -0.3 is 0 Å². The SMILES string of the molecule is O=C1c2ccccc2C(=O)c2c1ccc1nc(-c3ccc(F)cc3)c(-c3ccc(F)cc3)nc21. The molecule has 0 radical (unpaired) electrons. The molecule has 4 aromatic carbocycles. The van der Waals surface area contributed by atoms with Crippen LogP contribution in [0.3, 0.4) is 0 Å². The highest BCUT2D eigenvalue weighted by atomic mass is 19.1. The molecule has 6 heteroatoms. The first-order chi connectivity index (χ1) is 16.5. The largest absolute Gasteiger partial charge is 0.289 e. The molecule has 5 aromatic rings. The number of ketones is 2. The summed E-state index contributed by atoms with van der Waals surface area (Å²) < 4.78 is 27.2. The number of hydrogen-bond acceptors (Lipinski definition) is 4. The number of carbonyl (C=O) groups is 2. The number of carbonyl (C=O) groups excluding carboxylic acids is 2. The zero-order valence-electron chi connectivity index (χ0n) is 17.5. The predicted octanol–water partition coefficient (Wildman–Crippen LogP) is 6.02. The van der Waals surface area contributed by atoms with Crippen molar-refractivity contribution >= 4 is 22.6 Å². The summed E-state index contributed by atoms with van der Waals surface area (Å²) in [5.41, 5.74) is 3.88. The van der Waals surface area contributed by atoms with Crippen molar-refractivity contribution in [1.29, 1.82) is 0 Å². The molecule has 0 saturated carbocycles. The average molecular weight is 448 g/mol. The van der Waals surface area contributed by atoms with Crippen molar-refractivity contribution in [3.63, 3.8) is 0 Å². The Morgan fingerprint density at radius 3 is 1.65 bits per heavy atom. The highest BCUT2D eigenvalue weighted by Crippen LogP contribution is 2.36. The van der Waals surface area contributed by atoms with Crippen LogP contribution in [0.2, 0.25) is 0 Å². The van der Waals surface area contributed by atoms with Crippen LogP contribution >= 0.6 is 0 Å². The molecule has 0 aliphatic heterocycles. The van der Waals surface area contributed by atoms with Crippen LogP contribution in [-0.4, -0.2) is 21.5 Å². The highest BCUT2D eigenvalue weighted by molar-refractivity contribution is 6.31. The van der Waals surface area contributed by atoms with Gasteiger partial charge in [0, 0.05) is 27.8 Å². The molecule has 0 bridgehead atoms. The van der Waals surface area contributed by atoms with Gasteiger partial charge in [0.1, 0.15) is 17.2 Å². The molecular formula is C28H14F2N2O2. The molecule has 1 heterocycles. The number of fused-ring (bicyclic) bond motifs is 4. The summed E-state index contributed by atoms with van der Waals surface area (Å²) in [6, 6.07) is 21.5. The monoisotopic (exact) mass is 448 g/mol. The summed E-state index contributed by atoms with van der Waals surface area (Å²) in [6.07, 6.45) is 0. The van der Waals surface area contributed by atoms with Gasteiger partial charge in [-0.05, 0) is 60.7 Å². The smallest absolute Gasteiger partial charge is 0.196 e. The Morgan fingerprint density at radius 1 is 0.529 bits per heavy atom. The normalized spacial score (nSPS) is 12.5. The first kappa shape index (κ1) is 20.1. The summed E-state index contributed by atoms with van der Waals surface area (Å²) in [7, 11) is 0. The van der Waals surface area contributed by atoms with Crippen LogP contribution in [0.15, 0.2) is 84.9 Å². The summed E-state index contributed by atoms with van der Waals surface area (Å²) in [6.45, 7) is 0. The lowest BCUT2D eigenvalue weighted by Gasteiger charge is -2.19. The van der Waals surface area contributed by atoms with Gasteiger partial charge in [0.2, 0.25) is 0 Å². The molecule has 0 atom stereocenters. The van der Waals surface area contributed by atoms with Crippen molar-refractivity contribution in [2.45, 2.75) is 0 Å². The third kappa shape index (κ3) is 3.03. The molecule has 34 heavy (non-hydrogen) atoms. The molecule has 0 N–H and O–H groups in total. The van der Waals surface area contributed by atoms with Crippen molar-refractivity contribution in [3.05, 3.63) is 119 Å². The van der Waals surface area contributed by atoms with Crippen LogP contribution in [0, 0.1) is 11.6 Å². The van der Waals surface area contributed by atoms with Gasteiger partial charge in [0.15, 0.2) is 11.6 Å². The quantitative estimate of drug-likeness (QED) is 0.325. The number of halogens is 2. The predicted molar refractivity (Wildman–Crippen MR) is 124 cm³/mol. The minimum atomic E-state index is -0.407. The third-order valence-corrected chi connectivity index (χ3v) is 5.96. The molecule has 4 nitrogen and oxygen atoms in total. The molecule has 0 amide bonds. The molecule has 0 spiro atoms. The second kappa shape index (κ2) is 7.49. The first-order valence-corrected chi connectivity index (χ1v) is 10.6. The van der Waals surface area contributed by atoms with E-state index in [4.69, 9.17) is 9.97 Å². The molecule has 1 aromatic heterocycles. The van der Waals surface area contributed by atoms with Crippen LogP contribution in [0.4, 0.5) is 8.78 Å². The fourth-order valence-corrected chi connectivity index (χ4v) is 4.32. The van der Waals surface area contributed by atoms with E-state index in [-0.39, 0.29) is 28.2 Å². The van der Waals surface area contributed by atoms with Gasteiger partial charge in [-0.25, -0.2) is 18.7 Å². The van der Waals surface area contributed by atoms with Gasteiger partial charge in [-0.3, -0.25) is 9.59 Å². The van der Waals surface area contributed by atoms with Crippen LogP contribution in [0.25, 0.3) is 33.5 Å². The number of aromatic nitrogens is 2. The Hall–Kier alpha value is -4.58. The average Bonchev–Trinajstić information content (AvgIpc) is 2.87. The Labute approximate surface area is 192 Å². The number of hydrogen-bond donors (Lipinski definition) is 0. The molecule has 6 rings (SSSR count). The van der Waals surface area contributed by atoms with Crippen LogP contribution in [0.1, 0.15) is 31.8 Å². The first-order valence-electron chi connectivity index (χ1n) is 10.6. The van der Waals surface area contributed by atoms with Crippen molar-refractivity contribution in [2.75, 3.05) is 0 Å². The molecular weight excluding hydrogens is 434 g/mol. The second-order valence-electron chi connectivity index (χ2n) is 7.99. The summed E-state index contributed by atoms with van der Waals surface area (Å²) >= 11 is 0. The van der Waals surface area contributed by atoms with Crippen LogP contribution < -0.4 is 0 Å². The summed E-state index contributed by atoms with van der Waals surface area (Å²) in [5, 5.41) is 0. The zero-order chi connectivity index (χ0) is 23.4. The topological polar surface area (TPSA) is 59.9 Å². The lowest BCUT2D eigenvalue weighted by Crippen LogP contribution is -2.21. The van der Waals surface area contributed by atoms with Gasteiger partial charge in [-0.1, -0.05) is 24.3 Å². The van der Waals surface area contributed by atoms with E-state index in [1.165, 1.54) is 24.3 Å². The van der Waals surface area contributed by atoms with Crippen molar-refractivity contribution < 1.29 is 18.4 Å². The Balaban J connectivity index is 1.67. The zero-order valence-corrected chi connectivity index (χ0v) is 17.5. The van der Waals surface area contributed by atoms with E-state index in [0.717, 1.165) is 0 Å². The fraction of sp³-hybridized carbons (Fsp3) is 0. The van der Waals surface area contributed by atoms with Crippen LogP contribution in [0.5, 0.6) is 0 Å². The minimum absolute atomic E-state index is 0.197. The number of nitrogens with zero attached hydrogens (tertiary/aromatic N) is 2. The van der Waals surface area contributed by atoms with Crippen molar-refractivity contribution in [3.8, 4) is 22.5 Å². The van der Waals surface area contributed by atoms with E-state index in [1.54, 1.807) is 60.7 Å². The molecule has 162 valence electrons. The minimum Gasteiger partial charge on any atom is -0.289 e. The maximum absolute atomic E-state index is 13.6. The number of benzene rings is 4. The highest BCUT2D eigenvalue weighted by Gasteiger charge is 2.32.